The Balaban J connectivity index is 0.000000509. The molecule has 0 aromatic heterocycles. The Bertz CT molecular complexity index is 1680. The Hall–Kier alpha value is -3.73. The molecule has 2 aliphatic rings. The molecular weight excluding hydrogens is 557 g/mol. The normalized spacial score (nSPS) is 11.4. The van der Waals surface area contributed by atoms with Gasteiger partial charge in [0.2, 0.25) is 0 Å². The van der Waals surface area contributed by atoms with Crippen molar-refractivity contribution in [3.8, 4) is 5.69 Å². The molecule has 0 bridgehead atoms. The van der Waals surface area contributed by atoms with Gasteiger partial charge in [0.15, 0.2) is 17.0 Å². The van der Waals surface area contributed by atoms with E-state index in [1.807, 2.05) is 62.7 Å². The summed E-state index contributed by atoms with van der Waals surface area (Å²) in [5.74, 6) is 0.943. The average molecular weight is 616 g/mol. The smallest absolute Gasteiger partial charge is 0.178 e. The second kappa shape index (κ2) is 18.3. The van der Waals surface area contributed by atoms with E-state index in [1.165, 1.54) is 31.7 Å². The zero-order valence-electron chi connectivity index (χ0n) is 29.4. The number of nitrogens with one attached hydrogen (secondary N) is 1. The van der Waals surface area contributed by atoms with Crippen LogP contribution >= 0.6 is 0 Å². The van der Waals surface area contributed by atoms with E-state index in [1.54, 1.807) is 0 Å². The lowest BCUT2D eigenvalue weighted by atomic mass is 10.0. The molecule has 0 amide bonds. The topological polar surface area (TPSA) is 56.1 Å². The molecule has 0 saturated carbocycles. The number of rotatable bonds is 10. The van der Waals surface area contributed by atoms with Crippen molar-refractivity contribution in [2.45, 2.75) is 101 Å². The number of unbranched alkanes of at least 4 members (excludes halogenated alkanes) is 2. The number of anilines is 1. The minimum absolute atomic E-state index is 0.372. The van der Waals surface area contributed by atoms with Crippen LogP contribution < -0.4 is 16.3 Å². The number of fused-ring (bicyclic) bond motifs is 3. The van der Waals surface area contributed by atoms with Crippen molar-refractivity contribution < 1.29 is 8.81 Å². The molecular formula is C40H58FN3O. The SMILES string of the molecule is C=C(N)c1cn2c3cc4ccccc4cc3oc3c(NCC(C)CCC)c(F)cc(c3-2)c1=C.CC.CC.CCCCCC(C)C. The molecule has 246 valence electrons. The van der Waals surface area contributed by atoms with E-state index in [0.29, 0.717) is 51.2 Å². The number of hydrogen-bond acceptors (Lipinski definition) is 3. The Labute approximate surface area is 271 Å². The molecule has 3 N–H and O–H groups in total. The molecule has 0 aliphatic carbocycles. The van der Waals surface area contributed by atoms with Crippen LogP contribution in [0, 0.1) is 17.7 Å². The van der Waals surface area contributed by atoms with Crippen molar-refractivity contribution in [2.24, 2.45) is 17.6 Å². The summed E-state index contributed by atoms with van der Waals surface area (Å²) < 4.78 is 23.9. The first kappa shape index (κ1) is 37.5. The quantitative estimate of drug-likeness (QED) is 0.0933. The minimum Gasteiger partial charge on any atom is -0.451 e. The Morgan fingerprint density at radius 2 is 1.60 bits per heavy atom. The van der Waals surface area contributed by atoms with Gasteiger partial charge in [0.05, 0.1) is 11.2 Å². The van der Waals surface area contributed by atoms with E-state index >= 15 is 4.39 Å². The lowest BCUT2D eigenvalue weighted by molar-refractivity contribution is 0.534. The van der Waals surface area contributed by atoms with Crippen LogP contribution in [0.4, 0.5) is 10.1 Å². The van der Waals surface area contributed by atoms with Crippen molar-refractivity contribution in [1.82, 2.24) is 4.57 Å². The van der Waals surface area contributed by atoms with Gasteiger partial charge in [0.1, 0.15) is 5.69 Å². The van der Waals surface area contributed by atoms with Gasteiger partial charge in [-0.3, -0.25) is 0 Å². The summed E-state index contributed by atoms with van der Waals surface area (Å²) in [5.41, 5.74) is 10.3. The van der Waals surface area contributed by atoms with Crippen LogP contribution in [0.2, 0.25) is 0 Å². The molecule has 45 heavy (non-hydrogen) atoms. The van der Waals surface area contributed by atoms with Gasteiger partial charge in [-0.25, -0.2) is 4.39 Å². The zero-order valence-corrected chi connectivity index (χ0v) is 29.4. The highest BCUT2D eigenvalue weighted by molar-refractivity contribution is 6.01. The number of halogens is 1. The highest BCUT2D eigenvalue weighted by Crippen LogP contribution is 2.38. The number of hydrogen-bond donors (Lipinski definition) is 2. The molecule has 1 unspecified atom stereocenters. The fraction of sp³-hybridized carbons (Fsp3) is 0.450. The third kappa shape index (κ3) is 9.15. The Morgan fingerprint density at radius 3 is 2.18 bits per heavy atom. The van der Waals surface area contributed by atoms with Gasteiger partial charge < -0.3 is 20.0 Å². The maximum atomic E-state index is 15.5. The monoisotopic (exact) mass is 615 g/mol. The Morgan fingerprint density at radius 1 is 0.956 bits per heavy atom. The van der Waals surface area contributed by atoms with Gasteiger partial charge in [-0.1, -0.05) is 132 Å². The molecule has 4 nitrogen and oxygen atoms in total. The van der Waals surface area contributed by atoms with Gasteiger partial charge in [-0.05, 0) is 52.4 Å². The molecule has 1 atom stereocenters. The van der Waals surface area contributed by atoms with Gasteiger partial charge >= 0.3 is 0 Å². The molecule has 2 heterocycles. The lowest BCUT2D eigenvalue weighted by Gasteiger charge is -2.23. The average Bonchev–Trinajstić information content (AvgIpc) is 3.03. The van der Waals surface area contributed by atoms with Gasteiger partial charge in [-0.15, -0.1) is 0 Å². The first-order valence-corrected chi connectivity index (χ1v) is 17.1. The number of nitrogens with zero attached hydrogens (tertiary/aromatic N) is 1. The largest absolute Gasteiger partial charge is 0.451 e. The fourth-order valence-electron chi connectivity index (χ4n) is 5.49. The summed E-state index contributed by atoms with van der Waals surface area (Å²) in [5, 5.41) is 6.74. The second-order valence-electron chi connectivity index (χ2n) is 11.8. The molecule has 3 aromatic carbocycles. The summed E-state index contributed by atoms with van der Waals surface area (Å²) in [6.45, 7) is 27.9. The third-order valence-corrected chi connectivity index (χ3v) is 7.80. The Kier molecular flexibility index (Phi) is 15.2. The maximum absolute atomic E-state index is 15.5. The highest BCUT2D eigenvalue weighted by atomic mass is 19.1. The number of pyridine rings is 1. The van der Waals surface area contributed by atoms with E-state index in [2.05, 4.69) is 65.2 Å². The van der Waals surface area contributed by atoms with Crippen LogP contribution in [0.5, 0.6) is 0 Å². The summed E-state index contributed by atoms with van der Waals surface area (Å²) in [4.78, 5) is 0. The molecule has 2 aliphatic heterocycles. The van der Waals surface area contributed by atoms with E-state index in [9.17, 15) is 0 Å². The van der Waals surface area contributed by atoms with E-state index in [0.717, 1.165) is 40.7 Å². The molecule has 5 heteroatoms. The molecule has 0 spiro atoms. The van der Waals surface area contributed by atoms with Gasteiger partial charge in [-0.2, -0.15) is 0 Å². The number of aromatic nitrogens is 1. The molecule has 3 aromatic rings. The predicted molar refractivity (Wildman–Crippen MR) is 199 cm³/mol. The second-order valence-corrected chi connectivity index (χ2v) is 11.8. The summed E-state index contributed by atoms with van der Waals surface area (Å²) in [6.07, 6.45) is 9.68. The van der Waals surface area contributed by atoms with E-state index < -0.39 is 0 Å². The van der Waals surface area contributed by atoms with Gasteiger partial charge in [0.25, 0.3) is 0 Å². The van der Waals surface area contributed by atoms with Crippen LogP contribution in [0.25, 0.3) is 50.8 Å². The zero-order chi connectivity index (χ0) is 33.7. The van der Waals surface area contributed by atoms with Crippen molar-refractivity contribution in [3.05, 3.63) is 71.8 Å². The maximum Gasteiger partial charge on any atom is 0.178 e. The first-order chi connectivity index (χ1) is 21.7. The summed E-state index contributed by atoms with van der Waals surface area (Å²) in [6, 6.07) is 13.7. The van der Waals surface area contributed by atoms with Crippen LogP contribution in [-0.4, -0.2) is 11.1 Å². The molecule has 5 rings (SSSR count). The van der Waals surface area contributed by atoms with Crippen molar-refractivity contribution >= 4 is 50.8 Å². The van der Waals surface area contributed by atoms with Crippen molar-refractivity contribution in [1.29, 1.82) is 0 Å². The van der Waals surface area contributed by atoms with Crippen LogP contribution in [0.15, 0.2) is 59.7 Å². The standard InChI is InChI=1S/C28H28FN3O.C8H18.2C2H6/c1-5-8-16(2)14-31-26-23(29)13-21-17(3)22(18(4)30)15-32-24-11-19-9-6-7-10-20(19)12-25(24)33-28(26)27(21)32;1-4-5-6-7-8(2)3;2*1-2/h6-7,9-13,15-16,31H,3-5,8,14,30H2,1-2H3;8H,4-7H2,1-3H3;2*1-2H3. The summed E-state index contributed by atoms with van der Waals surface area (Å²) >= 11 is 0. The predicted octanol–water partition coefficient (Wildman–Crippen LogP) is 11.9. The molecule has 0 saturated heterocycles. The molecule has 0 radical (unpaired) electrons. The van der Waals surface area contributed by atoms with Crippen molar-refractivity contribution in [3.63, 3.8) is 0 Å². The van der Waals surface area contributed by atoms with Crippen molar-refractivity contribution in [2.75, 3.05) is 11.9 Å². The van der Waals surface area contributed by atoms with Gasteiger partial charge in [0, 0.05) is 29.4 Å². The van der Waals surface area contributed by atoms with Crippen LogP contribution in [0.1, 0.15) is 106 Å². The first-order valence-electron chi connectivity index (χ1n) is 17.1. The highest BCUT2D eigenvalue weighted by Gasteiger charge is 2.23. The molecule has 0 fully saturated rings. The third-order valence-electron chi connectivity index (χ3n) is 7.80. The lowest BCUT2D eigenvalue weighted by Crippen LogP contribution is -2.20. The minimum atomic E-state index is -0.373. The van der Waals surface area contributed by atoms with Crippen LogP contribution in [-0.2, 0) is 0 Å². The summed E-state index contributed by atoms with van der Waals surface area (Å²) in [7, 11) is 0. The number of benzene rings is 3. The van der Waals surface area contributed by atoms with E-state index in [-0.39, 0.29) is 5.82 Å². The number of nitrogens with two attached hydrogens (primary N) is 1. The van der Waals surface area contributed by atoms with Crippen LogP contribution in [0.3, 0.4) is 0 Å². The van der Waals surface area contributed by atoms with E-state index in [4.69, 9.17) is 10.2 Å². The fourth-order valence-corrected chi connectivity index (χ4v) is 5.49.